The molecule has 0 unspecified atom stereocenters. The maximum Gasteiger partial charge on any atom is 0.250 e. The van der Waals surface area contributed by atoms with E-state index in [1.54, 1.807) is 20.3 Å². The third kappa shape index (κ3) is 5.09. The molecular weight excluding hydrogens is 378 g/mol. The first-order valence-electron chi connectivity index (χ1n) is 9.22. The summed E-state index contributed by atoms with van der Waals surface area (Å²) in [6.45, 7) is 1.95. The molecule has 1 aliphatic rings. The number of nitrogens with two attached hydrogens (primary N) is 1. The Morgan fingerprint density at radius 2 is 1.86 bits per heavy atom. The van der Waals surface area contributed by atoms with Gasteiger partial charge in [-0.1, -0.05) is 18.2 Å². The minimum absolute atomic E-state index is 0. The number of hydrogen-bond donors (Lipinski definition) is 3. The van der Waals surface area contributed by atoms with Crippen LogP contribution in [0.25, 0.3) is 0 Å². The number of halogens is 1. The Morgan fingerprint density at radius 1 is 1.14 bits per heavy atom. The van der Waals surface area contributed by atoms with Gasteiger partial charge in [0.1, 0.15) is 0 Å². The molecule has 0 atom stereocenters. The number of anilines is 1. The largest absolute Gasteiger partial charge is 0.493 e. The van der Waals surface area contributed by atoms with Crippen LogP contribution >= 0.6 is 12.4 Å². The first-order chi connectivity index (χ1) is 13.1. The van der Waals surface area contributed by atoms with Gasteiger partial charge in [-0.25, -0.2) is 0 Å². The summed E-state index contributed by atoms with van der Waals surface area (Å²) in [7, 11) is 3.24. The first-order valence-corrected chi connectivity index (χ1v) is 9.22. The molecule has 3 rings (SSSR count). The van der Waals surface area contributed by atoms with Gasteiger partial charge in [-0.3, -0.25) is 4.79 Å². The molecule has 1 fully saturated rings. The summed E-state index contributed by atoms with van der Waals surface area (Å²) in [6.07, 6.45) is 2.70. The molecule has 6 nitrogen and oxygen atoms in total. The van der Waals surface area contributed by atoms with E-state index in [0.29, 0.717) is 29.5 Å². The Bertz CT molecular complexity index is 807. The van der Waals surface area contributed by atoms with Crippen molar-refractivity contribution < 1.29 is 14.3 Å². The van der Waals surface area contributed by atoms with Crippen LogP contribution in [0.4, 0.5) is 5.69 Å². The SMILES string of the molecule is COc1ccc(Cc2cccc(C(N)=O)c2NC2CCNCC2)cc1OC.Cl. The van der Waals surface area contributed by atoms with Crippen molar-refractivity contribution in [1.82, 2.24) is 5.32 Å². The fraction of sp³-hybridized carbons (Fsp3) is 0.381. The van der Waals surface area contributed by atoms with E-state index < -0.39 is 5.91 Å². The molecule has 0 saturated carbocycles. The molecule has 1 aliphatic heterocycles. The highest BCUT2D eigenvalue weighted by Gasteiger charge is 2.19. The van der Waals surface area contributed by atoms with E-state index in [2.05, 4.69) is 10.6 Å². The smallest absolute Gasteiger partial charge is 0.250 e. The Labute approximate surface area is 172 Å². The molecular formula is C21H28ClN3O3. The molecule has 2 aromatic rings. The van der Waals surface area contributed by atoms with E-state index in [9.17, 15) is 4.79 Å². The maximum absolute atomic E-state index is 12.0. The molecule has 1 amide bonds. The number of amides is 1. The number of rotatable bonds is 7. The lowest BCUT2D eigenvalue weighted by molar-refractivity contribution is 0.100. The van der Waals surface area contributed by atoms with Crippen molar-refractivity contribution in [2.75, 3.05) is 32.6 Å². The summed E-state index contributed by atoms with van der Waals surface area (Å²) in [4.78, 5) is 12.0. The Morgan fingerprint density at radius 3 is 2.50 bits per heavy atom. The summed E-state index contributed by atoms with van der Waals surface area (Å²) >= 11 is 0. The lowest BCUT2D eigenvalue weighted by Crippen LogP contribution is -2.36. The van der Waals surface area contributed by atoms with Crippen molar-refractivity contribution in [3.05, 3.63) is 53.1 Å². The minimum Gasteiger partial charge on any atom is -0.493 e. The molecule has 1 heterocycles. The number of ether oxygens (including phenoxy) is 2. The summed E-state index contributed by atoms with van der Waals surface area (Å²) in [5.41, 5.74) is 9.12. The zero-order chi connectivity index (χ0) is 19.2. The highest BCUT2D eigenvalue weighted by molar-refractivity contribution is 5.99. The van der Waals surface area contributed by atoms with Crippen LogP contribution in [-0.4, -0.2) is 39.3 Å². The van der Waals surface area contributed by atoms with Crippen molar-refractivity contribution in [3.8, 4) is 11.5 Å². The quantitative estimate of drug-likeness (QED) is 0.659. The summed E-state index contributed by atoms with van der Waals surface area (Å²) in [5.74, 6) is 0.967. The highest BCUT2D eigenvalue weighted by atomic mass is 35.5. The third-order valence-corrected chi connectivity index (χ3v) is 4.95. The van der Waals surface area contributed by atoms with Crippen molar-refractivity contribution in [1.29, 1.82) is 0 Å². The zero-order valence-electron chi connectivity index (χ0n) is 16.3. The van der Waals surface area contributed by atoms with Gasteiger partial charge < -0.3 is 25.8 Å². The van der Waals surface area contributed by atoms with Gasteiger partial charge in [-0.05, 0) is 61.7 Å². The molecule has 0 bridgehead atoms. The summed E-state index contributed by atoms with van der Waals surface area (Å²) in [5, 5.41) is 6.93. The number of nitrogens with one attached hydrogen (secondary N) is 2. The molecule has 7 heteroatoms. The predicted molar refractivity (Wildman–Crippen MR) is 114 cm³/mol. The fourth-order valence-corrected chi connectivity index (χ4v) is 3.50. The van der Waals surface area contributed by atoms with E-state index >= 15 is 0 Å². The Kier molecular flexibility index (Phi) is 7.96. The second kappa shape index (κ2) is 10.2. The van der Waals surface area contributed by atoms with E-state index in [0.717, 1.165) is 42.7 Å². The molecule has 0 aromatic heterocycles. The second-order valence-corrected chi connectivity index (χ2v) is 6.74. The van der Waals surface area contributed by atoms with Gasteiger partial charge in [-0.2, -0.15) is 0 Å². The van der Waals surface area contributed by atoms with E-state index in [4.69, 9.17) is 15.2 Å². The van der Waals surface area contributed by atoms with Gasteiger partial charge in [0.2, 0.25) is 0 Å². The van der Waals surface area contributed by atoms with E-state index in [1.165, 1.54) is 0 Å². The fourth-order valence-electron chi connectivity index (χ4n) is 3.50. The molecule has 28 heavy (non-hydrogen) atoms. The topological polar surface area (TPSA) is 85.6 Å². The van der Waals surface area contributed by atoms with Crippen molar-refractivity contribution >= 4 is 24.0 Å². The van der Waals surface area contributed by atoms with Crippen LogP contribution in [0.5, 0.6) is 11.5 Å². The highest BCUT2D eigenvalue weighted by Crippen LogP contribution is 2.31. The number of para-hydroxylation sites is 1. The molecule has 0 radical (unpaired) electrons. The van der Waals surface area contributed by atoms with Gasteiger partial charge >= 0.3 is 0 Å². The number of hydrogen-bond acceptors (Lipinski definition) is 5. The van der Waals surface area contributed by atoms with Crippen LogP contribution in [0.2, 0.25) is 0 Å². The minimum atomic E-state index is -0.416. The van der Waals surface area contributed by atoms with Crippen LogP contribution in [0.15, 0.2) is 36.4 Å². The van der Waals surface area contributed by atoms with E-state index in [1.807, 2.05) is 30.3 Å². The first kappa shape index (κ1) is 21.9. The lowest BCUT2D eigenvalue weighted by atomic mass is 9.97. The van der Waals surface area contributed by atoms with Crippen molar-refractivity contribution in [2.24, 2.45) is 5.73 Å². The van der Waals surface area contributed by atoms with Crippen molar-refractivity contribution in [2.45, 2.75) is 25.3 Å². The normalized spacial score (nSPS) is 14.1. The van der Waals surface area contributed by atoms with E-state index in [-0.39, 0.29) is 12.4 Å². The van der Waals surface area contributed by atoms with Crippen molar-refractivity contribution in [3.63, 3.8) is 0 Å². The Hall–Kier alpha value is -2.44. The van der Waals surface area contributed by atoms with Gasteiger partial charge in [0.25, 0.3) is 5.91 Å². The van der Waals surface area contributed by atoms with Gasteiger partial charge in [0.15, 0.2) is 11.5 Å². The monoisotopic (exact) mass is 405 g/mol. The average Bonchev–Trinajstić information content (AvgIpc) is 2.69. The number of carbonyl (C=O) groups is 1. The van der Waals surface area contributed by atoms with Crippen LogP contribution in [0.1, 0.15) is 34.3 Å². The Balaban J connectivity index is 0.00000280. The second-order valence-electron chi connectivity index (χ2n) is 6.74. The summed E-state index contributed by atoms with van der Waals surface area (Å²) < 4.78 is 10.7. The molecule has 4 N–H and O–H groups in total. The average molecular weight is 406 g/mol. The maximum atomic E-state index is 12.0. The van der Waals surface area contributed by atoms with Crippen LogP contribution in [0, 0.1) is 0 Å². The number of methoxy groups -OCH3 is 2. The van der Waals surface area contributed by atoms with Crippen LogP contribution in [-0.2, 0) is 6.42 Å². The third-order valence-electron chi connectivity index (χ3n) is 4.95. The number of carbonyl (C=O) groups excluding carboxylic acids is 1. The molecule has 0 aliphatic carbocycles. The van der Waals surface area contributed by atoms with Gasteiger partial charge in [-0.15, -0.1) is 12.4 Å². The molecule has 2 aromatic carbocycles. The summed E-state index contributed by atoms with van der Waals surface area (Å²) in [6, 6.07) is 11.9. The number of primary amides is 1. The lowest BCUT2D eigenvalue weighted by Gasteiger charge is -2.27. The standard InChI is InChI=1S/C21H27N3O3.ClH/c1-26-18-7-6-14(13-19(18)27-2)12-15-4-3-5-17(21(22)25)20(15)24-16-8-10-23-11-9-16;/h3-7,13,16,23-24H,8-12H2,1-2H3,(H2,22,25);1H. The van der Waals surface area contributed by atoms with Gasteiger partial charge in [0.05, 0.1) is 25.5 Å². The predicted octanol–water partition coefficient (Wildman–Crippen LogP) is 2.98. The molecule has 152 valence electrons. The number of benzene rings is 2. The van der Waals surface area contributed by atoms with Gasteiger partial charge in [0, 0.05) is 6.04 Å². The van der Waals surface area contributed by atoms with Crippen LogP contribution < -0.4 is 25.8 Å². The molecule has 1 saturated heterocycles. The molecule has 0 spiro atoms. The number of piperidine rings is 1. The van der Waals surface area contributed by atoms with Crippen LogP contribution in [0.3, 0.4) is 0 Å². The zero-order valence-corrected chi connectivity index (χ0v) is 17.1.